The lowest BCUT2D eigenvalue weighted by Crippen LogP contribution is -2.47. The molecular weight excluding hydrogens is 299 g/mol. The second-order valence-corrected chi connectivity index (χ2v) is 6.68. The third-order valence-corrected chi connectivity index (χ3v) is 4.46. The van der Waals surface area contributed by atoms with Crippen LogP contribution in [0.1, 0.15) is 28.8 Å². The van der Waals surface area contributed by atoms with Crippen molar-refractivity contribution in [3.63, 3.8) is 0 Å². The van der Waals surface area contributed by atoms with E-state index in [1.54, 1.807) is 7.11 Å². The molecule has 0 unspecified atom stereocenters. The summed E-state index contributed by atoms with van der Waals surface area (Å²) in [7, 11) is -2.62. The van der Waals surface area contributed by atoms with Gasteiger partial charge in [0.1, 0.15) is 10.7 Å². The van der Waals surface area contributed by atoms with Crippen molar-refractivity contribution in [2.45, 2.75) is 36.8 Å². The Bertz CT molecular complexity index is 669. The zero-order valence-corrected chi connectivity index (χ0v) is 12.5. The molecule has 1 saturated carbocycles. The minimum absolute atomic E-state index is 0.0225. The maximum Gasteiger partial charge on any atom is 0.251 e. The molecule has 0 atom stereocenters. The Morgan fingerprint density at radius 1 is 1.43 bits per heavy atom. The average molecular weight is 316 g/mol. The maximum absolute atomic E-state index is 13.8. The van der Waals surface area contributed by atoms with Crippen molar-refractivity contribution in [1.82, 2.24) is 5.32 Å². The highest BCUT2D eigenvalue weighted by atomic mass is 32.2. The molecule has 1 aliphatic carbocycles. The molecule has 21 heavy (non-hydrogen) atoms. The molecule has 1 aliphatic rings. The summed E-state index contributed by atoms with van der Waals surface area (Å²) < 4.78 is 41.6. The molecule has 0 saturated heterocycles. The third kappa shape index (κ3) is 3.39. The first-order valence-electron chi connectivity index (χ1n) is 6.39. The van der Waals surface area contributed by atoms with Crippen LogP contribution in [0.4, 0.5) is 4.39 Å². The topological polar surface area (TPSA) is 98.5 Å². The van der Waals surface area contributed by atoms with E-state index in [9.17, 15) is 17.6 Å². The van der Waals surface area contributed by atoms with E-state index < -0.39 is 26.6 Å². The van der Waals surface area contributed by atoms with Crippen molar-refractivity contribution in [3.8, 4) is 0 Å². The number of aryl methyl sites for hydroxylation is 1. The van der Waals surface area contributed by atoms with Crippen LogP contribution in [0.25, 0.3) is 0 Å². The van der Waals surface area contributed by atoms with E-state index >= 15 is 0 Å². The molecule has 3 N–H and O–H groups in total. The van der Waals surface area contributed by atoms with Crippen LogP contribution in [0.3, 0.4) is 0 Å². The molecule has 116 valence electrons. The number of sulfonamides is 1. The molecular formula is C13H17FN2O4S. The van der Waals surface area contributed by atoms with Gasteiger partial charge in [0.05, 0.1) is 6.10 Å². The SMILES string of the molecule is COC1CC(NC(=O)c2cc(C)c(F)c(S(N)(=O)=O)c2)C1. The number of nitrogens with two attached hydrogens (primary N) is 1. The Balaban J connectivity index is 2.20. The second-order valence-electron chi connectivity index (χ2n) is 5.15. The first-order chi connectivity index (χ1) is 9.72. The van der Waals surface area contributed by atoms with E-state index in [1.165, 1.54) is 13.0 Å². The van der Waals surface area contributed by atoms with Crippen molar-refractivity contribution < 1.29 is 22.3 Å². The Labute approximate surface area is 122 Å². The number of benzene rings is 1. The van der Waals surface area contributed by atoms with Gasteiger partial charge in [-0.2, -0.15) is 0 Å². The first kappa shape index (κ1) is 15.9. The molecule has 1 fully saturated rings. The fourth-order valence-corrected chi connectivity index (χ4v) is 2.92. The highest BCUT2D eigenvalue weighted by molar-refractivity contribution is 7.89. The lowest BCUT2D eigenvalue weighted by Gasteiger charge is -2.34. The molecule has 6 nitrogen and oxygen atoms in total. The monoisotopic (exact) mass is 316 g/mol. The van der Waals surface area contributed by atoms with Crippen molar-refractivity contribution in [2.75, 3.05) is 7.11 Å². The highest BCUT2D eigenvalue weighted by Gasteiger charge is 2.30. The van der Waals surface area contributed by atoms with Crippen LogP contribution < -0.4 is 10.5 Å². The summed E-state index contributed by atoms with van der Waals surface area (Å²) in [5, 5.41) is 7.70. The smallest absolute Gasteiger partial charge is 0.251 e. The summed E-state index contributed by atoms with van der Waals surface area (Å²) in [4.78, 5) is 11.4. The fourth-order valence-electron chi connectivity index (χ4n) is 2.22. The molecule has 2 rings (SSSR count). The lowest BCUT2D eigenvalue weighted by atomic mass is 9.89. The molecule has 0 aromatic heterocycles. The Hall–Kier alpha value is -1.51. The van der Waals surface area contributed by atoms with Crippen LogP contribution in [-0.2, 0) is 14.8 Å². The summed E-state index contributed by atoms with van der Waals surface area (Å²) in [5.74, 6) is -1.39. The Kier molecular flexibility index (Phi) is 4.31. The van der Waals surface area contributed by atoms with Crippen LogP contribution in [0.2, 0.25) is 0 Å². The molecule has 1 aromatic carbocycles. The van der Waals surface area contributed by atoms with Gasteiger partial charge in [-0.05, 0) is 37.5 Å². The number of methoxy groups -OCH3 is 1. The van der Waals surface area contributed by atoms with Crippen molar-refractivity contribution in [2.24, 2.45) is 5.14 Å². The molecule has 1 amide bonds. The van der Waals surface area contributed by atoms with Crippen molar-refractivity contribution in [1.29, 1.82) is 0 Å². The number of carbonyl (C=O) groups excluding carboxylic acids is 1. The van der Waals surface area contributed by atoms with Gasteiger partial charge in [-0.3, -0.25) is 4.79 Å². The number of primary sulfonamides is 1. The number of halogens is 1. The number of carbonyl (C=O) groups is 1. The number of rotatable bonds is 4. The van der Waals surface area contributed by atoms with Crippen LogP contribution in [-0.4, -0.2) is 33.6 Å². The molecule has 0 spiro atoms. The van der Waals surface area contributed by atoms with Crippen LogP contribution in [0.15, 0.2) is 17.0 Å². The van der Waals surface area contributed by atoms with Crippen LogP contribution in [0, 0.1) is 12.7 Å². The van der Waals surface area contributed by atoms with E-state index in [0.717, 1.165) is 6.07 Å². The predicted octanol–water partition coefficient (Wildman–Crippen LogP) is 0.689. The van der Waals surface area contributed by atoms with Crippen LogP contribution >= 0.6 is 0 Å². The molecule has 0 aliphatic heterocycles. The molecule has 8 heteroatoms. The second kappa shape index (κ2) is 5.70. The molecule has 0 heterocycles. The summed E-state index contributed by atoms with van der Waals surface area (Å²) in [6.07, 6.45) is 1.53. The van der Waals surface area contributed by atoms with Crippen molar-refractivity contribution >= 4 is 15.9 Å². The van der Waals surface area contributed by atoms with Gasteiger partial charge >= 0.3 is 0 Å². The predicted molar refractivity (Wildman–Crippen MR) is 73.8 cm³/mol. The van der Waals surface area contributed by atoms with Gasteiger partial charge in [-0.15, -0.1) is 0 Å². The van der Waals surface area contributed by atoms with Gasteiger partial charge in [0.2, 0.25) is 10.0 Å². The van der Waals surface area contributed by atoms with Gasteiger partial charge in [0, 0.05) is 18.7 Å². The standard InChI is InChI=1S/C13H17FN2O4S/c1-7-3-8(4-11(12(7)14)21(15,18)19)13(17)16-9-5-10(6-9)20-2/h3-4,9-10H,5-6H2,1-2H3,(H,16,17)(H2,15,18,19). The molecule has 0 bridgehead atoms. The maximum atomic E-state index is 13.8. The summed E-state index contributed by atoms with van der Waals surface area (Å²) in [6.45, 7) is 1.38. The molecule has 0 radical (unpaired) electrons. The zero-order chi connectivity index (χ0) is 15.8. The fraction of sp³-hybridized carbons (Fsp3) is 0.462. The van der Waals surface area contributed by atoms with Gasteiger partial charge < -0.3 is 10.1 Å². The van der Waals surface area contributed by atoms with Gasteiger partial charge in [-0.25, -0.2) is 17.9 Å². The summed E-state index contributed by atoms with van der Waals surface area (Å²) in [6, 6.07) is 2.23. The number of hydrogen-bond donors (Lipinski definition) is 2. The van der Waals surface area contributed by atoms with Crippen LogP contribution in [0.5, 0.6) is 0 Å². The van der Waals surface area contributed by atoms with Gasteiger partial charge in [-0.1, -0.05) is 0 Å². The number of nitrogens with one attached hydrogen (secondary N) is 1. The minimum atomic E-state index is -4.22. The quantitative estimate of drug-likeness (QED) is 0.853. The normalized spacial score (nSPS) is 21.7. The van der Waals surface area contributed by atoms with E-state index in [1.807, 2.05) is 0 Å². The number of ether oxygens (including phenoxy) is 1. The van der Waals surface area contributed by atoms with Gasteiger partial charge in [0.25, 0.3) is 5.91 Å². The summed E-state index contributed by atoms with van der Waals surface area (Å²) in [5.41, 5.74) is 0.119. The number of hydrogen-bond acceptors (Lipinski definition) is 4. The van der Waals surface area contributed by atoms with E-state index in [4.69, 9.17) is 9.88 Å². The Morgan fingerprint density at radius 3 is 2.57 bits per heavy atom. The largest absolute Gasteiger partial charge is 0.381 e. The minimum Gasteiger partial charge on any atom is -0.381 e. The number of amides is 1. The van der Waals surface area contributed by atoms with Gasteiger partial charge in [0.15, 0.2) is 0 Å². The van der Waals surface area contributed by atoms with Crippen molar-refractivity contribution in [3.05, 3.63) is 29.1 Å². The lowest BCUT2D eigenvalue weighted by molar-refractivity contribution is 0.0176. The average Bonchev–Trinajstić information content (AvgIpc) is 2.34. The van der Waals surface area contributed by atoms with E-state index in [2.05, 4.69) is 5.32 Å². The first-order valence-corrected chi connectivity index (χ1v) is 7.93. The van der Waals surface area contributed by atoms with E-state index in [0.29, 0.717) is 12.8 Å². The zero-order valence-electron chi connectivity index (χ0n) is 11.7. The summed E-state index contributed by atoms with van der Waals surface area (Å²) >= 11 is 0. The van der Waals surface area contributed by atoms with E-state index in [-0.39, 0.29) is 23.3 Å². The molecule has 1 aromatic rings. The Morgan fingerprint density at radius 2 is 2.05 bits per heavy atom. The highest BCUT2D eigenvalue weighted by Crippen LogP contribution is 2.24. The third-order valence-electron chi connectivity index (χ3n) is 3.55.